The van der Waals surface area contributed by atoms with Crippen LogP contribution < -0.4 is 14.8 Å². The molecule has 5 heteroatoms. The van der Waals surface area contributed by atoms with Gasteiger partial charge in [-0.3, -0.25) is 0 Å². The quantitative estimate of drug-likeness (QED) is 0.855. The lowest BCUT2D eigenvalue weighted by atomic mass is 10.1. The fourth-order valence-corrected chi connectivity index (χ4v) is 2.03. The predicted octanol–water partition coefficient (Wildman–Crippen LogP) is 2.66. The second-order valence-electron chi connectivity index (χ2n) is 4.74. The molecule has 0 aliphatic heterocycles. The Morgan fingerprint density at radius 3 is 2.57 bits per heavy atom. The zero-order chi connectivity index (χ0) is 15.2. The van der Waals surface area contributed by atoms with Crippen LogP contribution in [0.4, 0.5) is 0 Å². The van der Waals surface area contributed by atoms with E-state index in [1.807, 2.05) is 31.2 Å². The van der Waals surface area contributed by atoms with Gasteiger partial charge in [-0.05, 0) is 18.6 Å². The van der Waals surface area contributed by atoms with Crippen molar-refractivity contribution >= 4 is 0 Å². The van der Waals surface area contributed by atoms with E-state index in [0.717, 1.165) is 11.1 Å². The molecule has 2 aromatic rings. The summed E-state index contributed by atoms with van der Waals surface area (Å²) in [4.78, 5) is 4.16. The van der Waals surface area contributed by atoms with E-state index in [0.29, 0.717) is 18.2 Å². The Balaban J connectivity index is 1.99. The molecule has 1 unspecified atom stereocenters. The molecule has 1 atom stereocenters. The summed E-state index contributed by atoms with van der Waals surface area (Å²) in [5.41, 5.74) is 1.88. The molecule has 1 aromatic heterocycles. The first kappa shape index (κ1) is 15.1. The Morgan fingerprint density at radius 1 is 1.19 bits per heavy atom. The van der Waals surface area contributed by atoms with Crippen molar-refractivity contribution in [2.45, 2.75) is 19.5 Å². The van der Waals surface area contributed by atoms with E-state index in [1.165, 1.54) is 0 Å². The molecule has 1 aromatic carbocycles. The lowest BCUT2D eigenvalue weighted by Crippen LogP contribution is -2.18. The monoisotopic (exact) mass is 288 g/mol. The molecule has 0 amide bonds. The van der Waals surface area contributed by atoms with Crippen LogP contribution in [0.2, 0.25) is 0 Å². The highest BCUT2D eigenvalue weighted by molar-refractivity contribution is 5.41. The number of nitrogens with one attached hydrogen (secondary N) is 1. The number of phenols is 1. The van der Waals surface area contributed by atoms with E-state index < -0.39 is 0 Å². The van der Waals surface area contributed by atoms with Gasteiger partial charge in [-0.1, -0.05) is 12.1 Å². The molecule has 2 N–H and O–H groups in total. The summed E-state index contributed by atoms with van der Waals surface area (Å²) < 4.78 is 10.1. The SMILES string of the molecule is COc1ccc(C(C)NCc2ccc(OC)nc2)c(O)c1. The van der Waals surface area contributed by atoms with Gasteiger partial charge in [0.05, 0.1) is 14.2 Å². The number of phenolic OH excluding ortho intramolecular Hbond substituents is 1. The molecule has 21 heavy (non-hydrogen) atoms. The fraction of sp³-hybridized carbons (Fsp3) is 0.312. The zero-order valence-corrected chi connectivity index (χ0v) is 12.5. The highest BCUT2D eigenvalue weighted by Gasteiger charge is 2.11. The number of benzene rings is 1. The van der Waals surface area contributed by atoms with E-state index >= 15 is 0 Å². The van der Waals surface area contributed by atoms with Crippen molar-refractivity contribution in [1.29, 1.82) is 0 Å². The van der Waals surface area contributed by atoms with Crippen molar-refractivity contribution in [2.75, 3.05) is 14.2 Å². The minimum atomic E-state index is 0.0120. The Hall–Kier alpha value is -2.27. The Kier molecular flexibility index (Phi) is 5.00. The van der Waals surface area contributed by atoms with Gasteiger partial charge in [-0.2, -0.15) is 0 Å². The van der Waals surface area contributed by atoms with Crippen molar-refractivity contribution in [2.24, 2.45) is 0 Å². The Morgan fingerprint density at radius 2 is 2.00 bits per heavy atom. The van der Waals surface area contributed by atoms with Crippen molar-refractivity contribution in [1.82, 2.24) is 10.3 Å². The molecular weight excluding hydrogens is 268 g/mol. The minimum absolute atomic E-state index is 0.0120. The van der Waals surface area contributed by atoms with Gasteiger partial charge in [0.25, 0.3) is 0 Å². The predicted molar refractivity (Wildman–Crippen MR) is 80.7 cm³/mol. The summed E-state index contributed by atoms with van der Waals surface area (Å²) in [7, 11) is 3.17. The van der Waals surface area contributed by atoms with Crippen LogP contribution in [0.3, 0.4) is 0 Å². The van der Waals surface area contributed by atoms with Crippen LogP contribution in [0.25, 0.3) is 0 Å². The van der Waals surface area contributed by atoms with Crippen LogP contribution in [-0.4, -0.2) is 24.3 Å². The van der Waals surface area contributed by atoms with Crippen LogP contribution in [0.1, 0.15) is 24.1 Å². The van der Waals surface area contributed by atoms with Crippen LogP contribution >= 0.6 is 0 Å². The van der Waals surface area contributed by atoms with Crippen LogP contribution in [0, 0.1) is 0 Å². The molecular formula is C16H20N2O3. The summed E-state index contributed by atoms with van der Waals surface area (Å²) in [5, 5.41) is 13.4. The molecule has 0 spiro atoms. The smallest absolute Gasteiger partial charge is 0.212 e. The van der Waals surface area contributed by atoms with E-state index in [-0.39, 0.29) is 11.8 Å². The number of ether oxygens (including phenoxy) is 2. The molecule has 0 aliphatic carbocycles. The summed E-state index contributed by atoms with van der Waals surface area (Å²) in [6.45, 7) is 2.65. The maximum Gasteiger partial charge on any atom is 0.212 e. The molecule has 0 saturated heterocycles. The lowest BCUT2D eigenvalue weighted by molar-refractivity contribution is 0.397. The third kappa shape index (κ3) is 3.86. The molecule has 2 rings (SSSR count). The largest absolute Gasteiger partial charge is 0.507 e. The number of pyridine rings is 1. The lowest BCUT2D eigenvalue weighted by Gasteiger charge is -2.16. The third-order valence-electron chi connectivity index (χ3n) is 3.32. The number of hydrogen-bond donors (Lipinski definition) is 2. The van der Waals surface area contributed by atoms with Gasteiger partial charge in [-0.25, -0.2) is 4.98 Å². The maximum atomic E-state index is 10.0. The maximum absolute atomic E-state index is 10.0. The normalized spacial score (nSPS) is 12.0. The summed E-state index contributed by atoms with van der Waals surface area (Å²) in [6.07, 6.45) is 1.77. The van der Waals surface area contributed by atoms with Crippen LogP contribution in [-0.2, 0) is 6.54 Å². The van der Waals surface area contributed by atoms with Crippen molar-refractivity contribution in [3.05, 3.63) is 47.7 Å². The van der Waals surface area contributed by atoms with Gasteiger partial charge in [-0.15, -0.1) is 0 Å². The number of methoxy groups -OCH3 is 2. The minimum Gasteiger partial charge on any atom is -0.507 e. The van der Waals surface area contributed by atoms with E-state index in [2.05, 4.69) is 10.3 Å². The molecule has 0 fully saturated rings. The first-order valence-corrected chi connectivity index (χ1v) is 6.73. The van der Waals surface area contributed by atoms with Gasteiger partial charge in [0.2, 0.25) is 5.88 Å². The summed E-state index contributed by atoms with van der Waals surface area (Å²) >= 11 is 0. The Labute approximate surface area is 124 Å². The van der Waals surface area contributed by atoms with Gasteiger partial charge in [0.15, 0.2) is 0 Å². The van der Waals surface area contributed by atoms with Crippen molar-refractivity contribution < 1.29 is 14.6 Å². The molecule has 1 heterocycles. The van der Waals surface area contributed by atoms with E-state index in [4.69, 9.17) is 9.47 Å². The number of rotatable bonds is 6. The molecule has 0 radical (unpaired) electrons. The van der Waals surface area contributed by atoms with E-state index in [9.17, 15) is 5.11 Å². The second-order valence-corrected chi connectivity index (χ2v) is 4.74. The van der Waals surface area contributed by atoms with Crippen molar-refractivity contribution in [3.8, 4) is 17.4 Å². The summed E-state index contributed by atoms with van der Waals surface area (Å²) in [6, 6.07) is 9.10. The molecule has 0 saturated carbocycles. The number of aromatic hydroxyl groups is 1. The average Bonchev–Trinajstić information content (AvgIpc) is 2.52. The standard InChI is InChI=1S/C16H20N2O3/c1-11(14-6-5-13(20-2)8-15(14)19)17-9-12-4-7-16(21-3)18-10-12/h4-8,10-11,17,19H,9H2,1-3H3. The molecule has 112 valence electrons. The average molecular weight is 288 g/mol. The fourth-order valence-electron chi connectivity index (χ4n) is 2.03. The molecule has 5 nitrogen and oxygen atoms in total. The topological polar surface area (TPSA) is 63.6 Å². The number of aromatic nitrogens is 1. The first-order chi connectivity index (χ1) is 10.1. The van der Waals surface area contributed by atoms with Gasteiger partial charge in [0, 0.05) is 36.5 Å². The van der Waals surface area contributed by atoms with E-state index in [1.54, 1.807) is 26.5 Å². The van der Waals surface area contributed by atoms with Gasteiger partial charge in [0.1, 0.15) is 11.5 Å². The zero-order valence-electron chi connectivity index (χ0n) is 12.5. The second kappa shape index (κ2) is 6.95. The van der Waals surface area contributed by atoms with Gasteiger partial charge >= 0.3 is 0 Å². The molecule has 0 aliphatic rings. The Bertz CT molecular complexity index is 585. The third-order valence-corrected chi connectivity index (χ3v) is 3.32. The van der Waals surface area contributed by atoms with Crippen molar-refractivity contribution in [3.63, 3.8) is 0 Å². The van der Waals surface area contributed by atoms with Crippen LogP contribution in [0.15, 0.2) is 36.5 Å². The van der Waals surface area contributed by atoms with Crippen LogP contribution in [0.5, 0.6) is 17.4 Å². The number of nitrogens with zero attached hydrogens (tertiary/aromatic N) is 1. The van der Waals surface area contributed by atoms with Gasteiger partial charge < -0.3 is 19.9 Å². The highest BCUT2D eigenvalue weighted by Crippen LogP contribution is 2.28. The summed E-state index contributed by atoms with van der Waals surface area (Å²) in [5.74, 6) is 1.46. The molecule has 0 bridgehead atoms. The highest BCUT2D eigenvalue weighted by atomic mass is 16.5. The number of hydrogen-bond acceptors (Lipinski definition) is 5. The first-order valence-electron chi connectivity index (χ1n) is 6.73.